The average Bonchev–Trinajstić information content (AvgIpc) is 2.62. The fourth-order valence-electron chi connectivity index (χ4n) is 2.56. The maximum absolute atomic E-state index is 13.3. The number of carbonyl (C=O) groups is 1. The number of hydrogen-bond acceptors (Lipinski definition) is 3. The Morgan fingerprint density at radius 1 is 1.08 bits per heavy atom. The molecule has 3 nitrogen and oxygen atoms in total. The molecule has 0 unspecified atom stereocenters. The molecule has 3 rings (SSSR count). The van der Waals surface area contributed by atoms with Crippen molar-refractivity contribution >= 4 is 28.6 Å². The highest BCUT2D eigenvalue weighted by Crippen LogP contribution is 2.19. The summed E-state index contributed by atoms with van der Waals surface area (Å²) in [7, 11) is 0. The largest absolute Gasteiger partial charge is 0.352 e. The molecule has 0 aliphatic rings. The predicted octanol–water partition coefficient (Wildman–Crippen LogP) is 4.73. The van der Waals surface area contributed by atoms with Gasteiger partial charge in [-0.1, -0.05) is 0 Å². The number of fused-ring (bicyclic) bond motifs is 1. The van der Waals surface area contributed by atoms with Crippen LogP contribution in [0.4, 0.5) is 8.78 Å². The third-order valence-electron chi connectivity index (χ3n) is 3.90. The van der Waals surface area contributed by atoms with Gasteiger partial charge in [-0.2, -0.15) is 0 Å². The van der Waals surface area contributed by atoms with Crippen molar-refractivity contribution in [1.29, 1.82) is 0 Å². The molecule has 3 aromatic rings. The fraction of sp³-hybridized carbons (Fsp3) is 0.200. The van der Waals surface area contributed by atoms with Gasteiger partial charge in [-0.3, -0.25) is 9.78 Å². The second-order valence-electron chi connectivity index (χ2n) is 5.87. The quantitative estimate of drug-likeness (QED) is 0.502. The van der Waals surface area contributed by atoms with Gasteiger partial charge in [0.15, 0.2) is 0 Å². The summed E-state index contributed by atoms with van der Waals surface area (Å²) in [4.78, 5) is 17.7. The fourth-order valence-corrected chi connectivity index (χ4v) is 3.41. The number of benzene rings is 2. The molecule has 0 radical (unpaired) electrons. The van der Waals surface area contributed by atoms with Crippen LogP contribution in [0.2, 0.25) is 0 Å². The third-order valence-corrected chi connectivity index (χ3v) is 5.00. The zero-order chi connectivity index (χ0) is 18.5. The molecule has 0 aliphatic heterocycles. The molecule has 2 aromatic carbocycles. The number of thioether (sulfide) groups is 1. The van der Waals surface area contributed by atoms with E-state index in [2.05, 4.69) is 10.3 Å². The molecule has 1 amide bonds. The molecular formula is C20H18F2N2OS. The summed E-state index contributed by atoms with van der Waals surface area (Å²) in [6.45, 7) is 2.28. The summed E-state index contributed by atoms with van der Waals surface area (Å²) in [6.07, 6.45) is 0.791. The van der Waals surface area contributed by atoms with Gasteiger partial charge in [0.1, 0.15) is 11.6 Å². The molecule has 0 fully saturated rings. The van der Waals surface area contributed by atoms with Crippen LogP contribution in [0.25, 0.3) is 10.9 Å². The standard InChI is InChI=1S/C20H18F2N2OS/c1-13-18(11-14-3-4-16(22)12-19(14)24-13)20(25)23-9-2-10-26-17-7-5-15(21)6-8-17/h3-8,11-12H,2,9-10H2,1H3,(H,23,25). The zero-order valence-electron chi connectivity index (χ0n) is 14.3. The maximum Gasteiger partial charge on any atom is 0.253 e. The highest BCUT2D eigenvalue weighted by molar-refractivity contribution is 7.99. The van der Waals surface area contributed by atoms with Crippen molar-refractivity contribution in [3.63, 3.8) is 0 Å². The molecule has 0 saturated carbocycles. The number of hydrogen-bond donors (Lipinski definition) is 1. The molecule has 0 atom stereocenters. The molecule has 134 valence electrons. The second kappa shape index (κ2) is 8.27. The van der Waals surface area contributed by atoms with Gasteiger partial charge >= 0.3 is 0 Å². The van der Waals surface area contributed by atoms with E-state index in [0.29, 0.717) is 23.3 Å². The Kier molecular flexibility index (Phi) is 5.83. The normalized spacial score (nSPS) is 10.9. The van der Waals surface area contributed by atoms with Crippen LogP contribution in [0.3, 0.4) is 0 Å². The van der Waals surface area contributed by atoms with Gasteiger partial charge in [0.2, 0.25) is 0 Å². The third kappa shape index (κ3) is 4.58. The van der Waals surface area contributed by atoms with E-state index < -0.39 is 0 Å². The Bertz CT molecular complexity index is 929. The number of carbonyl (C=O) groups excluding carboxylic acids is 1. The van der Waals surface area contributed by atoms with Gasteiger partial charge < -0.3 is 5.32 Å². The number of halogens is 2. The lowest BCUT2D eigenvalue weighted by molar-refractivity contribution is 0.0953. The molecule has 0 saturated heterocycles. The average molecular weight is 372 g/mol. The topological polar surface area (TPSA) is 42.0 Å². The molecule has 0 bridgehead atoms. The van der Waals surface area contributed by atoms with E-state index in [0.717, 1.165) is 22.5 Å². The van der Waals surface area contributed by atoms with Crippen molar-refractivity contribution in [2.45, 2.75) is 18.2 Å². The molecule has 0 spiro atoms. The summed E-state index contributed by atoms with van der Waals surface area (Å²) in [6, 6.07) is 12.4. The molecule has 0 aliphatic carbocycles. The summed E-state index contributed by atoms with van der Waals surface area (Å²) < 4.78 is 26.1. The number of amides is 1. The number of aryl methyl sites for hydroxylation is 1. The molecular weight excluding hydrogens is 354 g/mol. The summed E-state index contributed by atoms with van der Waals surface area (Å²) in [5, 5.41) is 3.62. The summed E-state index contributed by atoms with van der Waals surface area (Å²) >= 11 is 1.62. The minimum absolute atomic E-state index is 0.187. The van der Waals surface area contributed by atoms with Gasteiger partial charge in [-0.25, -0.2) is 8.78 Å². The van der Waals surface area contributed by atoms with Crippen LogP contribution in [0.1, 0.15) is 22.5 Å². The van der Waals surface area contributed by atoms with E-state index in [9.17, 15) is 13.6 Å². The Morgan fingerprint density at radius 2 is 1.81 bits per heavy atom. The monoisotopic (exact) mass is 372 g/mol. The minimum atomic E-state index is -0.347. The summed E-state index contributed by atoms with van der Waals surface area (Å²) in [5.41, 5.74) is 1.60. The first kappa shape index (κ1) is 18.3. The van der Waals surface area contributed by atoms with E-state index in [-0.39, 0.29) is 17.5 Å². The Balaban J connectivity index is 1.53. The Hall–Kier alpha value is -2.47. The molecule has 1 N–H and O–H groups in total. The highest BCUT2D eigenvalue weighted by atomic mass is 32.2. The van der Waals surface area contributed by atoms with Crippen LogP contribution in [0.15, 0.2) is 53.4 Å². The van der Waals surface area contributed by atoms with Gasteiger partial charge in [-0.15, -0.1) is 11.8 Å². The van der Waals surface area contributed by atoms with Crippen LogP contribution in [0.5, 0.6) is 0 Å². The highest BCUT2D eigenvalue weighted by Gasteiger charge is 2.11. The Morgan fingerprint density at radius 3 is 2.58 bits per heavy atom. The number of nitrogens with zero attached hydrogens (tertiary/aromatic N) is 1. The van der Waals surface area contributed by atoms with Crippen molar-refractivity contribution in [2.24, 2.45) is 0 Å². The van der Waals surface area contributed by atoms with E-state index >= 15 is 0 Å². The van der Waals surface area contributed by atoms with Crippen LogP contribution >= 0.6 is 11.8 Å². The molecule has 6 heteroatoms. The van der Waals surface area contributed by atoms with Crippen LogP contribution < -0.4 is 5.32 Å². The molecule has 1 heterocycles. The number of nitrogens with one attached hydrogen (secondary N) is 1. The van der Waals surface area contributed by atoms with Crippen LogP contribution in [0, 0.1) is 18.6 Å². The van der Waals surface area contributed by atoms with Crippen molar-refractivity contribution in [3.8, 4) is 0 Å². The SMILES string of the molecule is Cc1nc2cc(F)ccc2cc1C(=O)NCCCSc1ccc(F)cc1. The van der Waals surface area contributed by atoms with Crippen molar-refractivity contribution in [3.05, 3.63) is 71.4 Å². The van der Waals surface area contributed by atoms with E-state index in [1.165, 1.54) is 24.3 Å². The smallest absolute Gasteiger partial charge is 0.253 e. The zero-order valence-corrected chi connectivity index (χ0v) is 15.1. The van der Waals surface area contributed by atoms with Crippen LogP contribution in [-0.2, 0) is 0 Å². The van der Waals surface area contributed by atoms with Gasteiger partial charge in [0.05, 0.1) is 16.8 Å². The minimum Gasteiger partial charge on any atom is -0.352 e. The lowest BCUT2D eigenvalue weighted by atomic mass is 10.1. The van der Waals surface area contributed by atoms with E-state index in [1.807, 2.05) is 0 Å². The number of aromatic nitrogens is 1. The van der Waals surface area contributed by atoms with Crippen molar-refractivity contribution in [2.75, 3.05) is 12.3 Å². The predicted molar refractivity (Wildman–Crippen MR) is 101 cm³/mol. The maximum atomic E-state index is 13.3. The number of rotatable bonds is 6. The first-order chi connectivity index (χ1) is 12.5. The first-order valence-electron chi connectivity index (χ1n) is 8.26. The lowest BCUT2D eigenvalue weighted by Gasteiger charge is -2.09. The van der Waals surface area contributed by atoms with Gasteiger partial charge in [0, 0.05) is 22.9 Å². The Labute approximate surface area is 154 Å². The second-order valence-corrected chi connectivity index (χ2v) is 7.04. The lowest BCUT2D eigenvalue weighted by Crippen LogP contribution is -2.25. The first-order valence-corrected chi connectivity index (χ1v) is 9.25. The van der Waals surface area contributed by atoms with Crippen molar-refractivity contribution < 1.29 is 13.6 Å². The van der Waals surface area contributed by atoms with Crippen molar-refractivity contribution in [1.82, 2.24) is 10.3 Å². The molecule has 26 heavy (non-hydrogen) atoms. The van der Waals surface area contributed by atoms with Crippen LogP contribution in [-0.4, -0.2) is 23.2 Å². The van der Waals surface area contributed by atoms with Gasteiger partial charge in [-0.05, 0) is 61.6 Å². The van der Waals surface area contributed by atoms with Gasteiger partial charge in [0.25, 0.3) is 5.91 Å². The number of pyridine rings is 1. The van der Waals surface area contributed by atoms with E-state index in [1.54, 1.807) is 43.0 Å². The molecule has 1 aromatic heterocycles. The summed E-state index contributed by atoms with van der Waals surface area (Å²) in [5.74, 6) is 0.0390. The van der Waals surface area contributed by atoms with E-state index in [4.69, 9.17) is 0 Å².